The summed E-state index contributed by atoms with van der Waals surface area (Å²) < 4.78 is 62.5. The predicted molar refractivity (Wildman–Crippen MR) is 185 cm³/mol. The minimum Gasteiger partial charge on any atom is -0.459 e. The Morgan fingerprint density at radius 2 is 1.84 bits per heavy atom. The Hall–Kier alpha value is -4.20. The number of sulfonamides is 1. The number of carbonyl (C=O) groups is 1. The van der Waals surface area contributed by atoms with Crippen LogP contribution in [-0.2, 0) is 40.0 Å². The molecule has 2 aromatic heterocycles. The van der Waals surface area contributed by atoms with Crippen LogP contribution in [0.25, 0.3) is 11.2 Å². The van der Waals surface area contributed by atoms with E-state index in [2.05, 4.69) is 24.9 Å². The first-order valence-electron chi connectivity index (χ1n) is 15.6. The van der Waals surface area contributed by atoms with Crippen LogP contribution in [0.3, 0.4) is 0 Å². The van der Waals surface area contributed by atoms with Gasteiger partial charge in [0.05, 0.1) is 19.2 Å². The van der Waals surface area contributed by atoms with E-state index in [1.54, 1.807) is 18.2 Å². The van der Waals surface area contributed by atoms with Crippen LogP contribution in [0.2, 0.25) is 0 Å². The summed E-state index contributed by atoms with van der Waals surface area (Å²) in [6.45, 7) is 5.49. The quantitative estimate of drug-likeness (QED) is 0.0703. The van der Waals surface area contributed by atoms with Gasteiger partial charge in [0.15, 0.2) is 23.2 Å². The standard InChI is InChI=1S/C31H41N8O10PS/c1-19-12-10-11-13-20(19)16-46-28(41)30(2,3)36-50(43,49-21-14-8-7-9-15-21)47-17-22-24(40)31(4,42)27(48-22)39-18-33-23-25(34-29(32)35-26(23)39)38(5)37-51(6,44)45/h7-15,18,22,24,27,37,40,42H,16-17H2,1-6H3,(H,36,43)(H2,32,34,35)/t22?,24-,27?,31-,50?/m1/s1. The van der Waals surface area contributed by atoms with Crippen molar-refractivity contribution in [3.63, 3.8) is 0 Å². The van der Waals surface area contributed by atoms with Crippen LogP contribution in [0, 0.1) is 6.92 Å². The monoisotopic (exact) mass is 748 g/mol. The number of anilines is 2. The normalized spacial score (nSPS) is 22.1. The molecule has 0 radical (unpaired) electrons. The third kappa shape index (κ3) is 8.65. The molecule has 20 heteroatoms. The Morgan fingerprint density at radius 1 is 1.18 bits per heavy atom. The Kier molecular flexibility index (Phi) is 10.8. The number of aliphatic hydroxyl groups excluding tert-OH is 1. The lowest BCUT2D eigenvalue weighted by atomic mass is 9.96. The number of nitrogen functional groups attached to an aromatic ring is 1. The van der Waals surface area contributed by atoms with Crippen LogP contribution in [0.5, 0.6) is 5.75 Å². The summed E-state index contributed by atoms with van der Waals surface area (Å²) in [6, 6.07) is 15.5. The number of esters is 1. The smallest absolute Gasteiger partial charge is 0.459 e. The van der Waals surface area contributed by atoms with E-state index in [0.717, 1.165) is 22.4 Å². The van der Waals surface area contributed by atoms with E-state index in [1.807, 2.05) is 31.2 Å². The zero-order valence-corrected chi connectivity index (χ0v) is 30.5. The molecular formula is C31H41N8O10PS. The van der Waals surface area contributed by atoms with Crippen molar-refractivity contribution < 1.29 is 46.5 Å². The highest BCUT2D eigenvalue weighted by Gasteiger charge is 2.54. The lowest BCUT2D eigenvalue weighted by Crippen LogP contribution is -2.47. The molecule has 1 aliphatic rings. The van der Waals surface area contributed by atoms with E-state index in [-0.39, 0.29) is 35.3 Å². The van der Waals surface area contributed by atoms with Gasteiger partial charge in [0, 0.05) is 7.05 Å². The molecule has 6 N–H and O–H groups in total. The Morgan fingerprint density at radius 3 is 2.51 bits per heavy atom. The SMILES string of the molecule is Cc1ccccc1COC(=O)C(C)(C)NP(=O)(OCC1OC(n2cnc3c(N(C)NS(C)(=O)=O)nc(N)nc32)[C@](C)(O)[C@@H]1O)Oc1ccccc1. The molecule has 51 heavy (non-hydrogen) atoms. The van der Waals surface area contributed by atoms with Gasteiger partial charge >= 0.3 is 13.7 Å². The fraction of sp³-hybridized carbons (Fsp3) is 0.419. The number of aliphatic hydroxyl groups is 2. The van der Waals surface area contributed by atoms with E-state index < -0.39 is 59.9 Å². The Bertz CT molecular complexity index is 2050. The number of fused-ring (bicyclic) bond motifs is 1. The second kappa shape index (κ2) is 14.4. The van der Waals surface area contributed by atoms with E-state index in [9.17, 15) is 28.0 Å². The van der Waals surface area contributed by atoms with E-state index >= 15 is 0 Å². The fourth-order valence-corrected chi connectivity index (χ4v) is 7.62. The van der Waals surface area contributed by atoms with Crippen LogP contribution in [0.15, 0.2) is 60.9 Å². The summed E-state index contributed by atoms with van der Waals surface area (Å²) in [5, 5.41) is 26.5. The molecule has 0 aliphatic carbocycles. The number of imidazole rings is 1. The largest absolute Gasteiger partial charge is 0.459 e. The number of para-hydroxylation sites is 1. The molecular weight excluding hydrogens is 707 g/mol. The summed E-state index contributed by atoms with van der Waals surface area (Å²) >= 11 is 0. The summed E-state index contributed by atoms with van der Waals surface area (Å²) in [7, 11) is -6.76. The number of benzene rings is 2. The van der Waals surface area contributed by atoms with Gasteiger partial charge in [-0.15, -0.1) is 4.83 Å². The number of nitrogens with zero attached hydrogens (tertiary/aromatic N) is 5. The molecule has 3 heterocycles. The van der Waals surface area contributed by atoms with E-state index in [4.69, 9.17) is 24.3 Å². The maximum Gasteiger partial charge on any atom is 0.459 e. The number of aryl methyl sites for hydroxylation is 1. The van der Waals surface area contributed by atoms with Crippen LogP contribution in [0.4, 0.5) is 11.8 Å². The molecule has 2 aromatic carbocycles. The highest BCUT2D eigenvalue weighted by atomic mass is 32.2. The van der Waals surface area contributed by atoms with Crippen molar-refractivity contribution in [1.82, 2.24) is 29.4 Å². The molecule has 0 spiro atoms. The maximum atomic E-state index is 14.3. The third-order valence-electron chi connectivity index (χ3n) is 7.97. The molecule has 1 aliphatic heterocycles. The molecule has 5 rings (SSSR count). The van der Waals surface area contributed by atoms with E-state index in [1.165, 1.54) is 50.8 Å². The van der Waals surface area contributed by atoms with Crippen molar-refractivity contribution in [2.24, 2.45) is 0 Å². The molecule has 276 valence electrons. The van der Waals surface area contributed by atoms with Crippen LogP contribution >= 0.6 is 7.75 Å². The van der Waals surface area contributed by atoms with Crippen molar-refractivity contribution in [2.75, 3.05) is 30.7 Å². The molecule has 5 atom stereocenters. The second-order valence-corrected chi connectivity index (χ2v) is 16.2. The predicted octanol–water partition coefficient (Wildman–Crippen LogP) is 1.94. The highest BCUT2D eigenvalue weighted by Crippen LogP contribution is 2.48. The average molecular weight is 749 g/mol. The van der Waals surface area contributed by atoms with Crippen LogP contribution < -0.4 is 25.2 Å². The Balaban J connectivity index is 1.37. The van der Waals surface area contributed by atoms with Crippen molar-refractivity contribution in [1.29, 1.82) is 0 Å². The molecule has 4 aromatic rings. The number of aromatic nitrogens is 4. The number of nitrogens with one attached hydrogen (secondary N) is 2. The van der Waals surface area contributed by atoms with Crippen LogP contribution in [0.1, 0.15) is 38.1 Å². The molecule has 18 nitrogen and oxygen atoms in total. The first-order chi connectivity index (χ1) is 23.8. The molecule has 1 fully saturated rings. The van der Waals surface area contributed by atoms with Gasteiger partial charge in [-0.05, 0) is 51.0 Å². The molecule has 0 bridgehead atoms. The number of hydrogen-bond donors (Lipinski definition) is 5. The summed E-state index contributed by atoms with van der Waals surface area (Å²) in [6.07, 6.45) is -2.07. The van der Waals surface area contributed by atoms with Gasteiger partial charge in [0.25, 0.3) is 0 Å². The number of rotatable bonds is 14. The van der Waals surface area contributed by atoms with Gasteiger partial charge in [0.2, 0.25) is 16.0 Å². The van der Waals surface area contributed by atoms with Gasteiger partial charge < -0.3 is 29.9 Å². The van der Waals surface area contributed by atoms with Gasteiger partial charge in [0.1, 0.15) is 35.7 Å². The van der Waals surface area contributed by atoms with Crippen molar-refractivity contribution >= 4 is 46.7 Å². The topological polar surface area (TPSA) is 243 Å². The number of nitrogens with two attached hydrogens (primary N) is 1. The van der Waals surface area contributed by atoms with Crippen molar-refractivity contribution in [3.05, 3.63) is 72.1 Å². The number of hydrogen-bond acceptors (Lipinski definition) is 15. The van der Waals surface area contributed by atoms with Gasteiger partial charge in [-0.3, -0.25) is 18.9 Å². The average Bonchev–Trinajstić information content (AvgIpc) is 3.55. The van der Waals surface area contributed by atoms with Gasteiger partial charge in [-0.25, -0.2) is 18.0 Å². The van der Waals surface area contributed by atoms with Crippen molar-refractivity contribution in [2.45, 2.75) is 63.9 Å². The third-order valence-corrected chi connectivity index (χ3v) is 10.4. The zero-order valence-electron chi connectivity index (χ0n) is 28.7. The maximum absolute atomic E-state index is 14.3. The fourth-order valence-electron chi connectivity index (χ4n) is 5.35. The summed E-state index contributed by atoms with van der Waals surface area (Å²) in [5.74, 6) is -0.825. The van der Waals surface area contributed by atoms with Crippen molar-refractivity contribution in [3.8, 4) is 5.75 Å². The summed E-state index contributed by atoms with van der Waals surface area (Å²) in [4.78, 5) is 28.1. The van der Waals surface area contributed by atoms with E-state index in [0.29, 0.717) is 0 Å². The summed E-state index contributed by atoms with van der Waals surface area (Å²) in [5.41, 5.74) is 4.20. The minimum absolute atomic E-state index is 0.00450. The molecule has 0 amide bonds. The minimum atomic E-state index is -4.44. The Labute approximate surface area is 294 Å². The number of carbonyl (C=O) groups excluding carboxylic acids is 1. The number of ether oxygens (including phenoxy) is 2. The second-order valence-electron chi connectivity index (χ2n) is 12.8. The first-order valence-corrected chi connectivity index (χ1v) is 19.0. The van der Waals surface area contributed by atoms with Crippen LogP contribution in [-0.4, -0.2) is 87.4 Å². The molecule has 3 unspecified atom stereocenters. The van der Waals surface area contributed by atoms with Gasteiger partial charge in [-0.2, -0.15) is 15.1 Å². The lowest BCUT2D eigenvalue weighted by Gasteiger charge is -2.30. The molecule has 0 saturated carbocycles. The van der Waals surface area contributed by atoms with Gasteiger partial charge in [-0.1, -0.05) is 42.5 Å². The lowest BCUT2D eigenvalue weighted by molar-refractivity contribution is -0.151. The highest BCUT2D eigenvalue weighted by molar-refractivity contribution is 7.88. The number of hydrazine groups is 1. The molecule has 1 saturated heterocycles. The first kappa shape index (κ1) is 38.0. The zero-order chi connectivity index (χ0) is 37.4.